The standard InChI is InChI=1S/C28H33FO3/c1-30-19-5-6-22-8-10-23(11-9-22)25-14-17-28(26(20-25)7-3-4-18-29)24-12-15-27(16-13-24)32-21-31-2/h8-17,20H,3-7,18-19,21H2,1-2H3. The Bertz CT molecular complexity index is 936. The van der Waals surface area contributed by atoms with Crippen LogP contribution in [0.15, 0.2) is 66.7 Å². The molecule has 0 amide bonds. The van der Waals surface area contributed by atoms with Crippen molar-refractivity contribution in [2.45, 2.75) is 32.1 Å². The second kappa shape index (κ2) is 13.0. The monoisotopic (exact) mass is 436 g/mol. The van der Waals surface area contributed by atoms with E-state index in [1.165, 1.54) is 27.8 Å². The molecular formula is C28H33FO3. The Labute approximate surface area is 191 Å². The zero-order valence-corrected chi connectivity index (χ0v) is 19.1. The number of hydrogen-bond donors (Lipinski definition) is 0. The molecule has 32 heavy (non-hydrogen) atoms. The van der Waals surface area contributed by atoms with Gasteiger partial charge >= 0.3 is 0 Å². The first kappa shape index (κ1) is 24.0. The average Bonchev–Trinajstić information content (AvgIpc) is 2.84. The fourth-order valence-electron chi connectivity index (χ4n) is 3.81. The number of alkyl halides is 1. The third-order valence-electron chi connectivity index (χ3n) is 5.54. The molecule has 0 saturated heterocycles. The van der Waals surface area contributed by atoms with Crippen LogP contribution in [0.2, 0.25) is 0 Å². The van der Waals surface area contributed by atoms with Gasteiger partial charge in [-0.3, -0.25) is 4.39 Å². The summed E-state index contributed by atoms with van der Waals surface area (Å²) in [5.74, 6) is 0.775. The molecule has 0 fully saturated rings. The van der Waals surface area contributed by atoms with Gasteiger partial charge in [-0.1, -0.05) is 54.6 Å². The Morgan fingerprint density at radius 3 is 2.09 bits per heavy atom. The molecule has 0 spiro atoms. The van der Waals surface area contributed by atoms with Crippen LogP contribution in [0.3, 0.4) is 0 Å². The van der Waals surface area contributed by atoms with Crippen molar-refractivity contribution in [1.29, 1.82) is 0 Å². The zero-order chi connectivity index (χ0) is 22.6. The molecule has 0 bridgehead atoms. The smallest absolute Gasteiger partial charge is 0.188 e. The maximum Gasteiger partial charge on any atom is 0.188 e. The van der Waals surface area contributed by atoms with Crippen LogP contribution in [0, 0.1) is 0 Å². The first-order chi connectivity index (χ1) is 15.7. The van der Waals surface area contributed by atoms with Crippen LogP contribution in [0.25, 0.3) is 22.3 Å². The van der Waals surface area contributed by atoms with E-state index >= 15 is 0 Å². The van der Waals surface area contributed by atoms with Gasteiger partial charge in [0.1, 0.15) is 5.75 Å². The lowest BCUT2D eigenvalue weighted by Gasteiger charge is -2.14. The fraction of sp³-hybridized carbons (Fsp3) is 0.357. The molecule has 0 unspecified atom stereocenters. The first-order valence-electron chi connectivity index (χ1n) is 11.2. The van der Waals surface area contributed by atoms with E-state index in [0.717, 1.165) is 43.6 Å². The van der Waals surface area contributed by atoms with Gasteiger partial charge in [0.15, 0.2) is 6.79 Å². The lowest BCUT2D eigenvalue weighted by Crippen LogP contribution is -1.98. The third-order valence-corrected chi connectivity index (χ3v) is 5.54. The van der Waals surface area contributed by atoms with E-state index in [0.29, 0.717) is 6.42 Å². The summed E-state index contributed by atoms with van der Waals surface area (Å²) < 4.78 is 28.3. The van der Waals surface area contributed by atoms with Crippen molar-refractivity contribution in [2.75, 3.05) is 34.3 Å². The molecule has 3 aromatic carbocycles. The molecule has 3 nitrogen and oxygen atoms in total. The Balaban J connectivity index is 1.82. The lowest BCUT2D eigenvalue weighted by atomic mass is 9.92. The lowest BCUT2D eigenvalue weighted by molar-refractivity contribution is 0.0511. The summed E-state index contributed by atoms with van der Waals surface area (Å²) in [6.07, 6.45) is 4.32. The normalized spacial score (nSPS) is 11.0. The Morgan fingerprint density at radius 1 is 0.688 bits per heavy atom. The Morgan fingerprint density at radius 2 is 1.41 bits per heavy atom. The zero-order valence-electron chi connectivity index (χ0n) is 19.1. The van der Waals surface area contributed by atoms with Crippen molar-refractivity contribution < 1.29 is 18.6 Å². The molecule has 0 heterocycles. The van der Waals surface area contributed by atoms with E-state index in [4.69, 9.17) is 14.2 Å². The number of rotatable bonds is 13. The molecule has 0 atom stereocenters. The number of benzene rings is 3. The fourth-order valence-corrected chi connectivity index (χ4v) is 3.81. The second-order valence-corrected chi connectivity index (χ2v) is 7.89. The summed E-state index contributed by atoms with van der Waals surface area (Å²) in [5.41, 5.74) is 7.26. The molecule has 3 rings (SSSR count). The van der Waals surface area contributed by atoms with Gasteiger partial charge in [0.25, 0.3) is 0 Å². The highest BCUT2D eigenvalue weighted by molar-refractivity contribution is 5.74. The largest absolute Gasteiger partial charge is 0.468 e. The Kier molecular flexibility index (Phi) is 9.73. The quantitative estimate of drug-likeness (QED) is 0.216. The molecule has 3 aromatic rings. The minimum Gasteiger partial charge on any atom is -0.468 e. The van der Waals surface area contributed by atoms with Crippen LogP contribution in [-0.4, -0.2) is 34.3 Å². The summed E-state index contributed by atoms with van der Waals surface area (Å²) >= 11 is 0. The predicted octanol–water partition coefficient (Wildman–Crippen LogP) is 6.87. The van der Waals surface area contributed by atoms with Crippen LogP contribution in [0.4, 0.5) is 4.39 Å². The Hall–Kier alpha value is -2.69. The number of aryl methyl sites for hydroxylation is 2. The van der Waals surface area contributed by atoms with Crippen molar-refractivity contribution in [3.63, 3.8) is 0 Å². The second-order valence-electron chi connectivity index (χ2n) is 7.89. The van der Waals surface area contributed by atoms with Crippen LogP contribution >= 0.6 is 0 Å². The highest BCUT2D eigenvalue weighted by Crippen LogP contribution is 2.31. The number of unbranched alkanes of at least 4 members (excludes halogenated alkanes) is 1. The summed E-state index contributed by atoms with van der Waals surface area (Å²) in [7, 11) is 3.34. The molecule has 0 saturated carbocycles. The molecule has 0 aliphatic heterocycles. The van der Waals surface area contributed by atoms with E-state index in [-0.39, 0.29) is 13.5 Å². The van der Waals surface area contributed by atoms with Gasteiger partial charge in [0.2, 0.25) is 0 Å². The number of ether oxygens (including phenoxy) is 3. The minimum atomic E-state index is -0.273. The molecule has 0 aromatic heterocycles. The highest BCUT2D eigenvalue weighted by atomic mass is 19.1. The van der Waals surface area contributed by atoms with Gasteiger partial charge in [-0.05, 0) is 77.6 Å². The van der Waals surface area contributed by atoms with Crippen LogP contribution in [-0.2, 0) is 22.3 Å². The van der Waals surface area contributed by atoms with Crippen molar-refractivity contribution in [1.82, 2.24) is 0 Å². The van der Waals surface area contributed by atoms with E-state index in [2.05, 4.69) is 54.6 Å². The summed E-state index contributed by atoms with van der Waals surface area (Å²) in [6.45, 7) is 0.740. The topological polar surface area (TPSA) is 27.7 Å². The summed E-state index contributed by atoms with van der Waals surface area (Å²) in [4.78, 5) is 0. The number of methoxy groups -OCH3 is 2. The van der Waals surface area contributed by atoms with E-state index < -0.39 is 0 Å². The maximum atomic E-state index is 12.7. The number of halogens is 1. The first-order valence-corrected chi connectivity index (χ1v) is 11.2. The molecule has 4 heteroatoms. The molecule has 0 N–H and O–H groups in total. The van der Waals surface area contributed by atoms with E-state index in [1.807, 2.05) is 12.1 Å². The van der Waals surface area contributed by atoms with Gasteiger partial charge in [-0.25, -0.2) is 0 Å². The van der Waals surface area contributed by atoms with Gasteiger partial charge in [0, 0.05) is 20.8 Å². The average molecular weight is 437 g/mol. The molecule has 0 aliphatic carbocycles. The van der Waals surface area contributed by atoms with Crippen LogP contribution in [0.1, 0.15) is 30.4 Å². The highest BCUT2D eigenvalue weighted by Gasteiger charge is 2.09. The van der Waals surface area contributed by atoms with Gasteiger partial charge < -0.3 is 14.2 Å². The van der Waals surface area contributed by atoms with Gasteiger partial charge in [-0.15, -0.1) is 0 Å². The molecular weight excluding hydrogens is 403 g/mol. The SMILES string of the molecule is COCCCc1ccc(-c2ccc(-c3ccc(OCOC)cc3)c(CCCCF)c2)cc1. The van der Waals surface area contributed by atoms with Crippen LogP contribution < -0.4 is 4.74 Å². The van der Waals surface area contributed by atoms with Crippen molar-refractivity contribution in [3.05, 3.63) is 77.9 Å². The number of hydrogen-bond acceptors (Lipinski definition) is 3. The van der Waals surface area contributed by atoms with Crippen molar-refractivity contribution in [3.8, 4) is 28.0 Å². The molecule has 0 radical (unpaired) electrons. The molecule has 170 valence electrons. The van der Waals surface area contributed by atoms with E-state index in [1.54, 1.807) is 14.2 Å². The van der Waals surface area contributed by atoms with Gasteiger partial charge in [0.05, 0.1) is 6.67 Å². The summed E-state index contributed by atoms with van der Waals surface area (Å²) in [5, 5.41) is 0. The van der Waals surface area contributed by atoms with Crippen LogP contribution in [0.5, 0.6) is 5.75 Å². The maximum absolute atomic E-state index is 12.7. The van der Waals surface area contributed by atoms with E-state index in [9.17, 15) is 4.39 Å². The van der Waals surface area contributed by atoms with Crippen molar-refractivity contribution in [2.24, 2.45) is 0 Å². The van der Waals surface area contributed by atoms with Crippen molar-refractivity contribution >= 4 is 0 Å². The predicted molar refractivity (Wildman–Crippen MR) is 129 cm³/mol. The third kappa shape index (κ3) is 6.91. The summed E-state index contributed by atoms with van der Waals surface area (Å²) in [6, 6.07) is 23.4. The minimum absolute atomic E-state index is 0.230. The molecule has 0 aliphatic rings. The van der Waals surface area contributed by atoms with Gasteiger partial charge in [-0.2, -0.15) is 0 Å².